The van der Waals surface area contributed by atoms with E-state index >= 15 is 0 Å². The van der Waals surface area contributed by atoms with Crippen molar-refractivity contribution in [3.8, 4) is 0 Å². The minimum absolute atomic E-state index is 0. The molecule has 5 nitrogen and oxygen atoms in total. The molecule has 0 atom stereocenters. The molecule has 1 radical (unpaired) electrons. The van der Waals surface area contributed by atoms with Crippen molar-refractivity contribution in [2.24, 2.45) is 0 Å². The van der Waals surface area contributed by atoms with Crippen LogP contribution in [0.4, 0.5) is 0 Å². The molecule has 7 heavy (non-hydrogen) atoms. The summed E-state index contributed by atoms with van der Waals surface area (Å²) in [5, 5.41) is 0. The summed E-state index contributed by atoms with van der Waals surface area (Å²) in [5.41, 5.74) is 0. The van der Waals surface area contributed by atoms with E-state index in [1.54, 1.807) is 0 Å². The van der Waals surface area contributed by atoms with E-state index in [0.29, 0.717) is 0 Å². The molecule has 7 heteroatoms. The molecule has 0 bridgehead atoms. The van der Waals surface area contributed by atoms with Gasteiger partial charge in [0.05, 0.1) is 0 Å². The van der Waals surface area contributed by atoms with E-state index in [4.69, 9.17) is 0 Å². The minimum Gasteiger partial charge on any atom is -0.870 e. The average molecular weight is 291 g/mol. The molecule has 0 aliphatic rings. The van der Waals surface area contributed by atoms with Crippen molar-refractivity contribution in [2.75, 3.05) is 0 Å². The summed E-state index contributed by atoms with van der Waals surface area (Å²) in [7, 11) is 0. The van der Waals surface area contributed by atoms with Crippen molar-refractivity contribution in [3.05, 3.63) is 0 Å². The van der Waals surface area contributed by atoms with Gasteiger partial charge in [0, 0.05) is 0 Å². The number of rotatable bonds is 0. The van der Waals surface area contributed by atoms with Crippen LogP contribution in [0.5, 0.6) is 0 Å². The van der Waals surface area contributed by atoms with E-state index < -0.39 is 0 Å². The van der Waals surface area contributed by atoms with Gasteiger partial charge in [0.15, 0.2) is 0 Å². The molecule has 41 valence electrons. The van der Waals surface area contributed by atoms with Crippen LogP contribution in [0.2, 0.25) is 0 Å². The fourth-order valence-electron chi connectivity index (χ4n) is 0. The minimum atomic E-state index is 0. The fraction of sp³-hybridized carbons (Fsp3) is 0. The SMILES string of the molecule is [Ce+3].[OH-].[OH-].[OH-].[OH-].[OH-].[Zn+2]. The first-order valence-electron chi connectivity index (χ1n) is 0. The van der Waals surface area contributed by atoms with Crippen molar-refractivity contribution in [1.82, 2.24) is 0 Å². The maximum atomic E-state index is 0. The zero-order chi connectivity index (χ0) is 0. The van der Waals surface area contributed by atoms with Crippen molar-refractivity contribution >= 4 is 0 Å². The van der Waals surface area contributed by atoms with Crippen LogP contribution in [0.15, 0.2) is 0 Å². The van der Waals surface area contributed by atoms with Crippen molar-refractivity contribution in [3.63, 3.8) is 0 Å². The van der Waals surface area contributed by atoms with E-state index in [0.717, 1.165) is 0 Å². The summed E-state index contributed by atoms with van der Waals surface area (Å²) in [6.07, 6.45) is 0. The zero-order valence-corrected chi connectivity index (χ0v) is 9.55. The van der Waals surface area contributed by atoms with Crippen LogP contribution in [-0.2, 0) is 19.5 Å². The molecule has 0 rings (SSSR count). The first-order valence-corrected chi connectivity index (χ1v) is 0. The molecule has 0 aromatic carbocycles. The second kappa shape index (κ2) is 111. The topological polar surface area (TPSA) is 150 Å². The van der Waals surface area contributed by atoms with Crippen LogP contribution in [-0.4, -0.2) is 27.4 Å². The Morgan fingerprint density at radius 2 is 0.429 bits per heavy atom. The molecule has 0 aromatic heterocycles. The molecule has 0 heterocycles. The van der Waals surface area contributed by atoms with Crippen molar-refractivity contribution in [2.45, 2.75) is 0 Å². The van der Waals surface area contributed by atoms with Crippen LogP contribution in [0.3, 0.4) is 0 Å². The third-order valence-electron chi connectivity index (χ3n) is 0. The summed E-state index contributed by atoms with van der Waals surface area (Å²) in [6, 6.07) is 0. The van der Waals surface area contributed by atoms with E-state index in [-0.39, 0.29) is 88.6 Å². The maximum Gasteiger partial charge on any atom is 3.00 e. The molecule has 0 aromatic rings. The van der Waals surface area contributed by atoms with Gasteiger partial charge in [-0.25, -0.2) is 0 Å². The van der Waals surface area contributed by atoms with Gasteiger partial charge in [0.1, 0.15) is 0 Å². The second-order valence-corrected chi connectivity index (χ2v) is 0. The van der Waals surface area contributed by atoms with Crippen molar-refractivity contribution in [1.29, 1.82) is 0 Å². The first kappa shape index (κ1) is 165. The van der Waals surface area contributed by atoms with E-state index in [2.05, 4.69) is 0 Å². The normalized spacial score (nSPS) is 0. The van der Waals surface area contributed by atoms with Gasteiger partial charge in [-0.2, -0.15) is 0 Å². The Morgan fingerprint density at radius 3 is 0.429 bits per heavy atom. The van der Waals surface area contributed by atoms with Crippen LogP contribution >= 0.6 is 0 Å². The van der Waals surface area contributed by atoms with Crippen LogP contribution < -0.4 is 0 Å². The summed E-state index contributed by atoms with van der Waals surface area (Å²) in [6.45, 7) is 0. The van der Waals surface area contributed by atoms with E-state index in [9.17, 15) is 0 Å². The Morgan fingerprint density at radius 1 is 0.429 bits per heavy atom. The standard InChI is InChI=1S/Ce.5H2O.Zn/h;5*1H2;/q+3;;;;;;+2/p-5. The molecular formula is H5CeO5Zn. The number of hydrogen-bond donors (Lipinski definition) is 0. The molecule has 0 spiro atoms. The quantitative estimate of drug-likeness (QED) is 0.530. The monoisotopic (exact) mass is 289 g/mol. The zero-order valence-electron chi connectivity index (χ0n) is 3.44. The van der Waals surface area contributed by atoms with E-state index in [1.807, 2.05) is 0 Å². The molecular weight excluding hydrogens is 286 g/mol. The average Bonchev–Trinajstić information content (AvgIpc) is 0. The maximum absolute atomic E-state index is 0. The molecule has 0 aliphatic carbocycles. The predicted molar refractivity (Wildman–Crippen MR) is 9.68 cm³/mol. The van der Waals surface area contributed by atoms with Gasteiger partial charge < -0.3 is 27.4 Å². The molecule has 0 aliphatic heterocycles. The van der Waals surface area contributed by atoms with Gasteiger partial charge >= 0.3 is 61.2 Å². The third-order valence-corrected chi connectivity index (χ3v) is 0. The first-order chi connectivity index (χ1) is 0. The smallest absolute Gasteiger partial charge is 0.870 e. The van der Waals surface area contributed by atoms with E-state index in [1.165, 1.54) is 0 Å². The Labute approximate surface area is 87.5 Å². The largest absolute Gasteiger partial charge is 3.00 e. The van der Waals surface area contributed by atoms with Crippen LogP contribution in [0.25, 0.3) is 0 Å². The Hall–Kier alpha value is 1.80. The second-order valence-electron chi connectivity index (χ2n) is 0. The van der Waals surface area contributed by atoms with Gasteiger partial charge in [-0.05, 0) is 0 Å². The summed E-state index contributed by atoms with van der Waals surface area (Å²) in [5.74, 6) is 0. The van der Waals surface area contributed by atoms with Gasteiger partial charge in [0.2, 0.25) is 0 Å². The van der Waals surface area contributed by atoms with Gasteiger partial charge in [-0.3, -0.25) is 0 Å². The number of hydrogen-bond acceptors (Lipinski definition) is 5. The van der Waals surface area contributed by atoms with Gasteiger partial charge in [0.25, 0.3) is 0 Å². The molecule has 0 saturated carbocycles. The molecule has 0 amide bonds. The van der Waals surface area contributed by atoms with Gasteiger partial charge in [-0.15, -0.1) is 0 Å². The van der Waals surface area contributed by atoms with Crippen LogP contribution in [0.1, 0.15) is 0 Å². The summed E-state index contributed by atoms with van der Waals surface area (Å²) < 4.78 is 0. The van der Waals surface area contributed by atoms with Crippen molar-refractivity contribution < 1.29 is 88.6 Å². The Balaban J connectivity index is 0. The van der Waals surface area contributed by atoms with Gasteiger partial charge in [-0.1, -0.05) is 0 Å². The Kier molecular flexibility index (Phi) is 2630. The Bertz CT molecular complexity index is 8.04. The molecule has 0 saturated heterocycles. The predicted octanol–water partition coefficient (Wildman–Crippen LogP) is -0.886. The molecule has 0 unspecified atom stereocenters. The fourth-order valence-corrected chi connectivity index (χ4v) is 0. The third kappa shape index (κ3) is 81.0. The molecule has 0 fully saturated rings. The van der Waals surface area contributed by atoms with Crippen LogP contribution in [0, 0.1) is 41.7 Å². The molecule has 5 N–H and O–H groups in total. The summed E-state index contributed by atoms with van der Waals surface area (Å²) in [4.78, 5) is 0. The summed E-state index contributed by atoms with van der Waals surface area (Å²) >= 11 is 0.